The fraction of sp³-hybridized carbons (Fsp3) is 0.333. The van der Waals surface area contributed by atoms with Gasteiger partial charge >= 0.3 is 0 Å². The highest BCUT2D eigenvalue weighted by atomic mass is 16.8. The van der Waals surface area contributed by atoms with Crippen molar-refractivity contribution in [3.8, 4) is 0 Å². The van der Waals surface area contributed by atoms with E-state index in [1.54, 1.807) is 0 Å². The summed E-state index contributed by atoms with van der Waals surface area (Å²) in [5.74, 6) is -1.08. The maximum absolute atomic E-state index is 9.89. The van der Waals surface area contributed by atoms with Gasteiger partial charge in [-0.3, -0.25) is 0 Å². The Kier molecular flexibility index (Phi) is 3.81. The van der Waals surface area contributed by atoms with Crippen LogP contribution in [0.1, 0.15) is 24.5 Å². The van der Waals surface area contributed by atoms with Crippen LogP contribution in [0.15, 0.2) is 60.7 Å². The average Bonchev–Trinajstić information content (AvgIpc) is 2.98. The van der Waals surface area contributed by atoms with Crippen molar-refractivity contribution in [1.82, 2.24) is 0 Å². The Balaban J connectivity index is 1.99. The molecule has 1 fully saturated rings. The molecule has 2 aromatic rings. The van der Waals surface area contributed by atoms with Gasteiger partial charge in [-0.25, -0.2) is 0 Å². The molecule has 2 unspecified atom stereocenters. The van der Waals surface area contributed by atoms with Crippen LogP contribution in [0.4, 0.5) is 0 Å². The standard InChI is InChI=1S/C18H20O3/c1-2-17(15-9-5-3-6-10-15)14-20-18(13-19,21-17)16-11-7-4-8-12-16/h3-12,19H,2,13-14H2,1H3. The Morgan fingerprint density at radius 2 is 1.52 bits per heavy atom. The quantitative estimate of drug-likeness (QED) is 0.937. The van der Waals surface area contributed by atoms with E-state index in [1.165, 1.54) is 0 Å². The van der Waals surface area contributed by atoms with Gasteiger partial charge in [-0.05, 0) is 12.0 Å². The molecule has 0 spiro atoms. The van der Waals surface area contributed by atoms with E-state index in [9.17, 15) is 5.11 Å². The summed E-state index contributed by atoms with van der Waals surface area (Å²) in [7, 11) is 0. The summed E-state index contributed by atoms with van der Waals surface area (Å²) in [6.07, 6.45) is 0.783. The van der Waals surface area contributed by atoms with Crippen LogP contribution in [0.3, 0.4) is 0 Å². The van der Waals surface area contributed by atoms with Gasteiger partial charge in [-0.1, -0.05) is 67.6 Å². The molecular formula is C18H20O3. The Bertz CT molecular complexity index is 530. The van der Waals surface area contributed by atoms with Gasteiger partial charge in [0.1, 0.15) is 12.2 Å². The maximum atomic E-state index is 9.89. The van der Waals surface area contributed by atoms with Crippen LogP contribution in [0, 0.1) is 0 Å². The monoisotopic (exact) mass is 284 g/mol. The van der Waals surface area contributed by atoms with E-state index in [4.69, 9.17) is 9.47 Å². The van der Waals surface area contributed by atoms with Crippen LogP contribution < -0.4 is 0 Å². The first kappa shape index (κ1) is 14.3. The van der Waals surface area contributed by atoms with Crippen molar-refractivity contribution in [2.75, 3.05) is 13.2 Å². The summed E-state index contributed by atoms with van der Waals surface area (Å²) in [4.78, 5) is 0. The highest BCUT2D eigenvalue weighted by molar-refractivity contribution is 5.27. The van der Waals surface area contributed by atoms with Gasteiger partial charge in [0.2, 0.25) is 5.79 Å². The largest absolute Gasteiger partial charge is 0.390 e. The highest BCUT2D eigenvalue weighted by Gasteiger charge is 2.51. The SMILES string of the molecule is CCC1(c2ccccc2)COC(CO)(c2ccccc2)O1. The molecule has 2 atom stereocenters. The Morgan fingerprint density at radius 1 is 0.952 bits per heavy atom. The first-order chi connectivity index (χ1) is 10.2. The van der Waals surface area contributed by atoms with Crippen molar-refractivity contribution >= 4 is 0 Å². The van der Waals surface area contributed by atoms with Crippen molar-refractivity contribution in [2.45, 2.75) is 24.7 Å². The fourth-order valence-electron chi connectivity index (χ4n) is 2.87. The lowest BCUT2D eigenvalue weighted by molar-refractivity contribution is -0.220. The minimum atomic E-state index is -1.08. The topological polar surface area (TPSA) is 38.7 Å². The molecule has 1 saturated heterocycles. The normalized spacial score (nSPS) is 28.7. The Morgan fingerprint density at radius 3 is 2.05 bits per heavy atom. The maximum Gasteiger partial charge on any atom is 0.219 e. The lowest BCUT2D eigenvalue weighted by Gasteiger charge is -2.31. The second-order valence-electron chi connectivity index (χ2n) is 5.38. The molecule has 0 amide bonds. The van der Waals surface area contributed by atoms with E-state index in [0.717, 1.165) is 17.5 Å². The first-order valence-corrected chi connectivity index (χ1v) is 7.31. The Labute approximate surface area is 125 Å². The number of benzene rings is 2. The molecule has 0 bridgehead atoms. The third-order valence-electron chi connectivity index (χ3n) is 4.19. The van der Waals surface area contributed by atoms with E-state index < -0.39 is 11.4 Å². The van der Waals surface area contributed by atoms with Crippen molar-refractivity contribution in [2.24, 2.45) is 0 Å². The smallest absolute Gasteiger partial charge is 0.219 e. The molecular weight excluding hydrogens is 264 g/mol. The molecule has 3 rings (SSSR count). The van der Waals surface area contributed by atoms with Crippen molar-refractivity contribution in [3.63, 3.8) is 0 Å². The van der Waals surface area contributed by atoms with Gasteiger partial charge < -0.3 is 14.6 Å². The molecule has 2 aromatic carbocycles. The number of hydrogen-bond donors (Lipinski definition) is 1. The van der Waals surface area contributed by atoms with E-state index in [1.807, 2.05) is 60.7 Å². The molecule has 3 heteroatoms. The predicted octanol–water partition coefficient (Wildman–Crippen LogP) is 3.18. The summed E-state index contributed by atoms with van der Waals surface area (Å²) < 4.78 is 12.3. The number of aliphatic hydroxyl groups excluding tert-OH is 1. The summed E-state index contributed by atoms with van der Waals surface area (Å²) in [6, 6.07) is 19.7. The summed E-state index contributed by atoms with van der Waals surface area (Å²) in [5, 5.41) is 9.89. The first-order valence-electron chi connectivity index (χ1n) is 7.31. The lowest BCUT2D eigenvalue weighted by Crippen LogP contribution is -2.35. The number of ether oxygens (including phenoxy) is 2. The molecule has 0 saturated carbocycles. The zero-order valence-corrected chi connectivity index (χ0v) is 12.2. The fourth-order valence-corrected chi connectivity index (χ4v) is 2.87. The molecule has 1 aliphatic rings. The van der Waals surface area contributed by atoms with Crippen molar-refractivity contribution < 1.29 is 14.6 Å². The van der Waals surface area contributed by atoms with Crippen LogP contribution >= 0.6 is 0 Å². The Hall–Kier alpha value is -1.68. The van der Waals surface area contributed by atoms with E-state index in [0.29, 0.717) is 6.61 Å². The molecule has 0 aromatic heterocycles. The molecule has 3 nitrogen and oxygen atoms in total. The lowest BCUT2D eigenvalue weighted by atomic mass is 9.92. The third kappa shape index (κ3) is 2.38. The summed E-state index contributed by atoms with van der Waals surface area (Å²) >= 11 is 0. The van der Waals surface area contributed by atoms with Crippen LogP contribution in [0.5, 0.6) is 0 Å². The second-order valence-corrected chi connectivity index (χ2v) is 5.38. The van der Waals surface area contributed by atoms with E-state index >= 15 is 0 Å². The molecule has 0 radical (unpaired) electrons. The van der Waals surface area contributed by atoms with Crippen LogP contribution in [0.25, 0.3) is 0 Å². The van der Waals surface area contributed by atoms with Gasteiger partial charge in [-0.2, -0.15) is 0 Å². The van der Waals surface area contributed by atoms with E-state index in [-0.39, 0.29) is 6.61 Å². The molecule has 110 valence electrons. The average molecular weight is 284 g/mol. The van der Waals surface area contributed by atoms with Crippen LogP contribution in [0.2, 0.25) is 0 Å². The number of aliphatic hydroxyl groups is 1. The zero-order valence-electron chi connectivity index (χ0n) is 12.2. The van der Waals surface area contributed by atoms with Gasteiger partial charge in [0, 0.05) is 5.56 Å². The van der Waals surface area contributed by atoms with Gasteiger partial charge in [0.05, 0.1) is 6.61 Å². The molecule has 21 heavy (non-hydrogen) atoms. The molecule has 1 aliphatic heterocycles. The molecule has 0 aliphatic carbocycles. The molecule has 1 heterocycles. The van der Waals surface area contributed by atoms with Gasteiger partial charge in [0.25, 0.3) is 0 Å². The van der Waals surface area contributed by atoms with Crippen molar-refractivity contribution in [3.05, 3.63) is 71.8 Å². The summed E-state index contributed by atoms with van der Waals surface area (Å²) in [6.45, 7) is 2.31. The van der Waals surface area contributed by atoms with Crippen LogP contribution in [-0.2, 0) is 20.9 Å². The summed E-state index contributed by atoms with van der Waals surface area (Å²) in [5.41, 5.74) is 1.41. The molecule has 1 N–H and O–H groups in total. The van der Waals surface area contributed by atoms with E-state index in [2.05, 4.69) is 6.92 Å². The number of rotatable bonds is 4. The van der Waals surface area contributed by atoms with Gasteiger partial charge in [-0.15, -0.1) is 0 Å². The number of hydrogen-bond acceptors (Lipinski definition) is 3. The van der Waals surface area contributed by atoms with Gasteiger partial charge in [0.15, 0.2) is 0 Å². The van der Waals surface area contributed by atoms with Crippen LogP contribution in [-0.4, -0.2) is 18.3 Å². The predicted molar refractivity (Wildman–Crippen MR) is 80.7 cm³/mol. The minimum Gasteiger partial charge on any atom is -0.390 e. The third-order valence-corrected chi connectivity index (χ3v) is 4.19. The highest BCUT2D eigenvalue weighted by Crippen LogP contribution is 2.45. The zero-order chi connectivity index (χ0) is 14.8. The second kappa shape index (κ2) is 5.60. The van der Waals surface area contributed by atoms with Crippen molar-refractivity contribution in [1.29, 1.82) is 0 Å². The minimum absolute atomic E-state index is 0.203.